The van der Waals surface area contributed by atoms with Crippen molar-refractivity contribution in [3.8, 4) is 0 Å². The summed E-state index contributed by atoms with van der Waals surface area (Å²) in [6.45, 7) is 14.7. The summed E-state index contributed by atoms with van der Waals surface area (Å²) in [4.78, 5) is 201. The van der Waals surface area contributed by atoms with E-state index in [1.807, 2.05) is 0 Å². The minimum atomic E-state index is -1.28. The van der Waals surface area contributed by atoms with Gasteiger partial charge in [-0.1, -0.05) is 51.4 Å². The van der Waals surface area contributed by atoms with E-state index in [2.05, 4.69) is 37.2 Å². The fraction of sp³-hybridized carbons (Fsp3) is 0.805. The van der Waals surface area contributed by atoms with Crippen LogP contribution in [0.1, 0.15) is 218 Å². The zero-order chi connectivity index (χ0) is 91.6. The van der Waals surface area contributed by atoms with Crippen LogP contribution >= 0.6 is 0 Å². The number of carbonyl (C=O) groups excluding carboxylic acids is 16. The van der Waals surface area contributed by atoms with Crippen molar-refractivity contribution in [3.05, 3.63) is 0 Å². The van der Waals surface area contributed by atoms with Crippen molar-refractivity contribution in [2.24, 2.45) is 11.7 Å². The van der Waals surface area contributed by atoms with Gasteiger partial charge in [0, 0.05) is 154 Å². The first kappa shape index (κ1) is 107. The second-order valence-electron chi connectivity index (χ2n) is 30.6. The monoisotopic (exact) mass is 1770 g/mol. The predicted molar refractivity (Wildman–Crippen MR) is 431 cm³/mol. The first-order valence-electron chi connectivity index (χ1n) is 42.8. The summed E-state index contributed by atoms with van der Waals surface area (Å²) in [6, 6.07) is -3.39. The summed E-state index contributed by atoms with van der Waals surface area (Å²) in [5.41, 5.74) is 5.72. The van der Waals surface area contributed by atoms with Crippen LogP contribution in [0.2, 0.25) is 0 Å². The zero-order valence-corrected chi connectivity index (χ0v) is 73.7. The van der Waals surface area contributed by atoms with Gasteiger partial charge in [-0.15, -0.1) is 0 Å². The van der Waals surface area contributed by atoms with E-state index in [1.165, 1.54) is 41.5 Å². The van der Waals surface area contributed by atoms with Gasteiger partial charge in [-0.25, -0.2) is 0 Å². The highest BCUT2D eigenvalue weighted by molar-refractivity contribution is 5.80. The Morgan fingerprint density at radius 2 is 0.556 bits per heavy atom. The van der Waals surface area contributed by atoms with Gasteiger partial charge in [0.25, 0.3) is 0 Å². The minimum Gasteiger partial charge on any atom is -0.463 e. The van der Waals surface area contributed by atoms with Crippen LogP contribution in [-0.4, -0.2) is 298 Å². The second kappa shape index (κ2) is 59.9. The molecule has 0 aromatic rings. The maximum Gasteiger partial charge on any atom is 0.303 e. The summed E-state index contributed by atoms with van der Waals surface area (Å²) in [5.74, 6) is -9.91. The SMILES string of the molecule is CC(=O)N[C@H]1[C@H](OCCCCCCNC(=O)CCOC2[C@H](OCCC(=O)NCCCCCCO[C@@H]3O[C@H](COC(C)=O)[C@H](OC(C)=O)[C@H](OC(C)=O)[C@H]3NC(C)=O)CC(C(=O)NCCCCCCN)C[C@H]2OCCC(=O)NCCCCCCO[C@@H]2O[C@H](COC(C)=O)[C@H](OC(C)=O)[C@H](OC(C)=O)[C@H]2NC(C)=O)O[C@H](COC(C)=O)[C@H](OC(C)=O)[C@@H]1OC(C)=O. The van der Waals surface area contributed by atoms with Crippen molar-refractivity contribution in [1.29, 1.82) is 0 Å². The molecule has 0 bridgehead atoms. The molecule has 0 aromatic heterocycles. The van der Waals surface area contributed by atoms with Crippen molar-refractivity contribution in [2.45, 2.75) is 328 Å². The van der Waals surface area contributed by atoms with Crippen LogP contribution in [0.25, 0.3) is 0 Å². The molecule has 4 rings (SSSR count). The van der Waals surface area contributed by atoms with Gasteiger partial charge in [0.2, 0.25) is 41.4 Å². The second-order valence-corrected chi connectivity index (χ2v) is 30.6. The maximum atomic E-state index is 14.1. The molecule has 17 atom stereocenters. The molecule has 4 fully saturated rings. The number of hydrogen-bond donors (Lipinski definition) is 8. The molecule has 0 unspecified atom stereocenters. The van der Waals surface area contributed by atoms with Gasteiger partial charge in [-0.2, -0.15) is 0 Å². The van der Waals surface area contributed by atoms with Gasteiger partial charge in [0.1, 0.15) is 62.4 Å². The van der Waals surface area contributed by atoms with Crippen molar-refractivity contribution in [1.82, 2.24) is 37.2 Å². The Hall–Kier alpha value is -8.88. The smallest absolute Gasteiger partial charge is 0.303 e. The molecule has 124 heavy (non-hydrogen) atoms. The molecular weight excluding hydrogens is 1640 g/mol. The number of carbonyl (C=O) groups is 16. The zero-order valence-electron chi connectivity index (χ0n) is 73.7. The lowest BCUT2D eigenvalue weighted by Crippen LogP contribution is -2.66. The van der Waals surface area contributed by atoms with Crippen LogP contribution in [0.3, 0.4) is 0 Å². The fourth-order valence-electron chi connectivity index (χ4n) is 14.4. The number of esters is 9. The topological polar surface area (TPSA) is 549 Å². The van der Waals surface area contributed by atoms with E-state index in [9.17, 15) is 76.7 Å². The lowest BCUT2D eigenvalue weighted by Gasteiger charge is -2.44. The molecule has 0 spiro atoms. The lowest BCUT2D eigenvalue weighted by atomic mass is 9.82. The number of hydrogen-bond acceptors (Lipinski definition) is 35. The number of nitrogens with one attached hydrogen (secondary N) is 7. The van der Waals surface area contributed by atoms with E-state index in [-0.39, 0.29) is 115 Å². The molecule has 706 valence electrons. The quantitative estimate of drug-likeness (QED) is 0.0242. The van der Waals surface area contributed by atoms with Crippen LogP contribution in [0, 0.1) is 5.92 Å². The van der Waals surface area contributed by atoms with Gasteiger partial charge < -0.3 is 128 Å². The Bertz CT molecular complexity index is 3240. The molecule has 3 saturated heterocycles. The van der Waals surface area contributed by atoms with Crippen LogP contribution in [0.4, 0.5) is 0 Å². The third kappa shape index (κ3) is 43.3. The molecule has 1 aliphatic carbocycles. The van der Waals surface area contributed by atoms with Gasteiger partial charge >= 0.3 is 53.7 Å². The van der Waals surface area contributed by atoms with E-state index >= 15 is 0 Å². The summed E-state index contributed by atoms with van der Waals surface area (Å²) >= 11 is 0. The fourth-order valence-corrected chi connectivity index (χ4v) is 14.4. The van der Waals surface area contributed by atoms with Gasteiger partial charge in [0.15, 0.2) is 55.5 Å². The first-order valence-corrected chi connectivity index (χ1v) is 42.8. The molecule has 1 saturated carbocycles. The van der Waals surface area contributed by atoms with E-state index in [0.717, 1.165) is 60.8 Å². The van der Waals surface area contributed by atoms with Crippen LogP contribution < -0.4 is 43.0 Å². The highest BCUT2D eigenvalue weighted by Gasteiger charge is 2.55. The molecule has 4 aliphatic rings. The molecule has 3 aliphatic heterocycles. The molecule has 0 aromatic carbocycles. The molecule has 42 nitrogen and oxygen atoms in total. The van der Waals surface area contributed by atoms with E-state index in [4.69, 9.17) is 91.0 Å². The molecule has 42 heteroatoms. The van der Waals surface area contributed by atoms with Gasteiger partial charge in [0.05, 0.1) is 32.0 Å². The third-order valence-corrected chi connectivity index (χ3v) is 19.8. The molecule has 0 radical (unpaired) electrons. The third-order valence-electron chi connectivity index (χ3n) is 19.8. The number of amides is 7. The van der Waals surface area contributed by atoms with Crippen LogP contribution in [0.5, 0.6) is 0 Å². The Kier molecular flexibility index (Phi) is 51.9. The average molecular weight is 1780 g/mol. The number of nitrogens with two attached hydrogens (primary N) is 1. The number of rotatable bonds is 58. The summed E-state index contributed by atoms with van der Waals surface area (Å²) < 4.78 is 105. The Labute approximate surface area is 723 Å². The number of unbranched alkanes of at least 4 members (excludes halogenated alkanes) is 12. The molecular formula is C82H134N8O34. The lowest BCUT2D eigenvalue weighted by molar-refractivity contribution is -0.277. The standard InChI is InChI=1S/C82H134N8O34/c1-48(91)88-69-76(119-57(10)100)73(116-54(7)97)63(45-113-51(4)94)122-80(69)110-37-26-18-15-22-33-84-66(103)29-40-107-61-43-60(79(106)87-36-25-14-13-21-32-83)44-62(108-41-30-67(104)85-34-23-16-19-27-38-111-81-70(89-49(2)92)77(120-58(11)101)74(117-55(8)98)64(123-81)46-114-52(5)95)72(61)109-42-31-68(105)86-35-24-17-20-28-39-112-82-71(90-50(3)93)78(121-59(12)102)75(118-56(9)99)65(124-82)47-115-53(6)96/h60-65,69-78,80-82H,13-47,83H2,1-12H3,(H,84,103)(H,85,104)(H,86,105)(H,87,106)(H,88,91)(H,89,92)(H,90,93)/t60?,61-,62-,63-,64-,65-,69-,70-,71-,72?,73+,74+,75+,76-,77-,78-,80-,81-,82-/m1/s1. The summed E-state index contributed by atoms with van der Waals surface area (Å²) in [5, 5.41) is 19.8. The van der Waals surface area contributed by atoms with E-state index in [1.54, 1.807) is 0 Å². The highest BCUT2D eigenvalue weighted by atomic mass is 16.7. The van der Waals surface area contributed by atoms with E-state index < -0.39 is 188 Å². The summed E-state index contributed by atoms with van der Waals surface area (Å²) in [6.07, 6.45) is -7.09. The van der Waals surface area contributed by atoms with Gasteiger partial charge in [-0.3, -0.25) is 76.7 Å². The molecule has 9 N–H and O–H groups in total. The molecule has 3 heterocycles. The predicted octanol–water partition coefficient (Wildman–Crippen LogP) is 1.41. The van der Waals surface area contributed by atoms with E-state index in [0.29, 0.717) is 116 Å². The Morgan fingerprint density at radius 1 is 0.290 bits per heavy atom. The van der Waals surface area contributed by atoms with Crippen molar-refractivity contribution in [2.75, 3.05) is 92.2 Å². The van der Waals surface area contributed by atoms with Crippen molar-refractivity contribution < 1.29 is 162 Å². The largest absolute Gasteiger partial charge is 0.463 e. The highest BCUT2D eigenvalue weighted by Crippen LogP contribution is 2.35. The maximum absolute atomic E-state index is 14.1. The Morgan fingerprint density at radius 3 is 0.831 bits per heavy atom. The normalized spacial score (nSPS) is 25.2. The average Bonchev–Trinajstić information content (AvgIpc) is 0.794. The molecule has 7 amide bonds. The van der Waals surface area contributed by atoms with Crippen LogP contribution in [0.15, 0.2) is 0 Å². The number of ether oxygens (including phenoxy) is 18. The minimum absolute atomic E-state index is 0.0885. The summed E-state index contributed by atoms with van der Waals surface area (Å²) in [7, 11) is 0. The van der Waals surface area contributed by atoms with Gasteiger partial charge in [-0.05, 0) is 70.8 Å². The Balaban J connectivity index is 1.41. The first-order chi connectivity index (χ1) is 59.1. The van der Waals surface area contributed by atoms with Crippen molar-refractivity contribution >= 4 is 95.1 Å². The van der Waals surface area contributed by atoms with Crippen LogP contribution in [-0.2, 0) is 162 Å². The van der Waals surface area contributed by atoms with Crippen molar-refractivity contribution in [3.63, 3.8) is 0 Å².